The molecule has 0 saturated heterocycles. The molecule has 1 N–H and O–H groups in total. The summed E-state index contributed by atoms with van der Waals surface area (Å²) in [6.07, 6.45) is -0.650. The lowest BCUT2D eigenvalue weighted by Crippen LogP contribution is -2.18. The van der Waals surface area contributed by atoms with Gasteiger partial charge in [-0.15, -0.1) is 0 Å². The summed E-state index contributed by atoms with van der Waals surface area (Å²) in [4.78, 5) is 16.1. The molecule has 0 unspecified atom stereocenters. The van der Waals surface area contributed by atoms with E-state index in [1.807, 2.05) is 6.07 Å². The molecule has 1 amide bonds. The molecule has 2 rings (SSSR count). The summed E-state index contributed by atoms with van der Waals surface area (Å²) in [5.74, 6) is 1.15. The Hall–Kier alpha value is -2.76. The van der Waals surface area contributed by atoms with Gasteiger partial charge < -0.3 is 14.2 Å². The summed E-state index contributed by atoms with van der Waals surface area (Å²) in [5, 5.41) is 2.58. The molecule has 1 aromatic heterocycles. The van der Waals surface area contributed by atoms with Crippen molar-refractivity contribution in [3.05, 3.63) is 42.1 Å². The van der Waals surface area contributed by atoms with Gasteiger partial charge in [0.1, 0.15) is 17.2 Å². The van der Waals surface area contributed by atoms with Crippen LogP contribution in [0.25, 0.3) is 0 Å². The number of nitrogens with zero attached hydrogens (tertiary/aromatic N) is 1. The van der Waals surface area contributed by atoms with Crippen molar-refractivity contribution in [1.29, 1.82) is 0 Å². The molecule has 1 heterocycles. The molecule has 0 aliphatic carbocycles. The molecule has 6 heteroatoms. The first-order chi connectivity index (χ1) is 10.1. The second kappa shape index (κ2) is 6.60. The van der Waals surface area contributed by atoms with Gasteiger partial charge in [-0.25, -0.2) is 9.78 Å². The van der Waals surface area contributed by atoms with E-state index in [1.165, 1.54) is 14.2 Å². The van der Waals surface area contributed by atoms with Crippen molar-refractivity contribution in [2.45, 2.75) is 6.92 Å². The minimum Gasteiger partial charge on any atom is -0.494 e. The first kappa shape index (κ1) is 14.6. The maximum Gasteiger partial charge on any atom is 0.417 e. The van der Waals surface area contributed by atoms with Crippen LogP contribution in [-0.2, 0) is 0 Å². The summed E-state index contributed by atoms with van der Waals surface area (Å²) >= 11 is 0. The second-order valence-electron chi connectivity index (χ2n) is 4.18. The van der Waals surface area contributed by atoms with Crippen molar-refractivity contribution in [3.8, 4) is 17.4 Å². The second-order valence-corrected chi connectivity index (χ2v) is 4.18. The molecule has 0 bridgehead atoms. The number of carbonyl (C=O) groups excluding carboxylic acids is 1. The molecular formula is C15H16N2O4. The van der Waals surface area contributed by atoms with Crippen LogP contribution in [0.1, 0.15) is 5.69 Å². The summed E-state index contributed by atoms with van der Waals surface area (Å²) in [6, 6.07) is 10.4. The maximum absolute atomic E-state index is 11.9. The van der Waals surface area contributed by atoms with E-state index in [4.69, 9.17) is 14.2 Å². The third-order valence-electron chi connectivity index (χ3n) is 2.67. The lowest BCUT2D eigenvalue weighted by atomic mass is 10.3. The molecule has 6 nitrogen and oxygen atoms in total. The van der Waals surface area contributed by atoms with Gasteiger partial charge in [0, 0.05) is 11.8 Å². The molecular weight excluding hydrogens is 272 g/mol. The maximum atomic E-state index is 11.9. The van der Waals surface area contributed by atoms with Crippen LogP contribution in [0.15, 0.2) is 36.4 Å². The Morgan fingerprint density at radius 2 is 1.86 bits per heavy atom. The molecule has 2 aromatic rings. The lowest BCUT2D eigenvalue weighted by Gasteiger charge is -2.14. The van der Waals surface area contributed by atoms with Gasteiger partial charge in [-0.3, -0.25) is 5.32 Å². The third kappa shape index (κ3) is 3.62. The number of aryl methyl sites for hydroxylation is 1. The van der Waals surface area contributed by atoms with Crippen molar-refractivity contribution in [2.24, 2.45) is 0 Å². The average Bonchev–Trinajstić information content (AvgIpc) is 2.49. The summed E-state index contributed by atoms with van der Waals surface area (Å²) in [7, 11) is 2.97. The number of benzene rings is 1. The molecule has 0 atom stereocenters. The molecule has 0 aliphatic heterocycles. The van der Waals surface area contributed by atoms with Crippen molar-refractivity contribution < 1.29 is 19.0 Å². The van der Waals surface area contributed by atoms with Gasteiger partial charge in [-0.2, -0.15) is 0 Å². The fourth-order valence-electron chi connectivity index (χ4n) is 1.76. The summed E-state index contributed by atoms with van der Waals surface area (Å²) in [5.41, 5.74) is 1.04. The van der Waals surface area contributed by atoms with E-state index in [1.54, 1.807) is 37.3 Å². The number of nitrogens with one attached hydrogen (secondary N) is 1. The molecule has 0 radical (unpaired) electrons. The van der Waals surface area contributed by atoms with E-state index in [-0.39, 0.29) is 5.88 Å². The van der Waals surface area contributed by atoms with E-state index in [0.717, 1.165) is 0 Å². The van der Waals surface area contributed by atoms with Gasteiger partial charge in [0.15, 0.2) is 0 Å². The zero-order chi connectivity index (χ0) is 15.2. The van der Waals surface area contributed by atoms with Gasteiger partial charge in [0.05, 0.1) is 14.2 Å². The highest BCUT2D eigenvalue weighted by Gasteiger charge is 2.16. The highest BCUT2D eigenvalue weighted by atomic mass is 16.6. The minimum atomic E-state index is -0.650. The summed E-state index contributed by atoms with van der Waals surface area (Å²) in [6.45, 7) is 1.80. The number of anilines is 1. The van der Waals surface area contributed by atoms with Gasteiger partial charge >= 0.3 is 6.09 Å². The summed E-state index contributed by atoms with van der Waals surface area (Å²) < 4.78 is 15.5. The zero-order valence-electron chi connectivity index (χ0n) is 12.0. The molecule has 1 aromatic carbocycles. The highest BCUT2D eigenvalue weighted by molar-refractivity contribution is 5.90. The smallest absolute Gasteiger partial charge is 0.417 e. The van der Waals surface area contributed by atoms with Crippen molar-refractivity contribution >= 4 is 11.8 Å². The van der Waals surface area contributed by atoms with Gasteiger partial charge in [-0.05, 0) is 19.1 Å². The van der Waals surface area contributed by atoms with Crippen LogP contribution < -0.4 is 19.5 Å². The average molecular weight is 288 g/mol. The number of carbonyl (C=O) groups is 1. The van der Waals surface area contributed by atoms with Gasteiger partial charge in [-0.1, -0.05) is 18.2 Å². The molecule has 0 aliphatic rings. The van der Waals surface area contributed by atoms with Gasteiger partial charge in [0.2, 0.25) is 5.88 Å². The van der Waals surface area contributed by atoms with Crippen molar-refractivity contribution in [2.75, 3.05) is 19.5 Å². The number of ether oxygens (including phenoxy) is 3. The number of pyridine rings is 1. The Labute approximate surface area is 122 Å². The Bertz CT molecular complexity index is 604. The molecule has 0 spiro atoms. The number of amides is 1. The Morgan fingerprint density at radius 3 is 2.48 bits per heavy atom. The first-order valence-electron chi connectivity index (χ1n) is 6.27. The highest BCUT2D eigenvalue weighted by Crippen LogP contribution is 2.33. The minimum absolute atomic E-state index is 0.261. The van der Waals surface area contributed by atoms with E-state index in [0.29, 0.717) is 22.9 Å². The molecule has 0 fully saturated rings. The van der Waals surface area contributed by atoms with Crippen LogP contribution >= 0.6 is 0 Å². The largest absolute Gasteiger partial charge is 0.494 e. The van der Waals surface area contributed by atoms with Crippen LogP contribution in [0.2, 0.25) is 0 Å². The topological polar surface area (TPSA) is 69.7 Å². The number of methoxy groups -OCH3 is 2. The Balaban J connectivity index is 2.20. The van der Waals surface area contributed by atoms with Crippen molar-refractivity contribution in [3.63, 3.8) is 0 Å². The van der Waals surface area contributed by atoms with Crippen LogP contribution in [0.3, 0.4) is 0 Å². The van der Waals surface area contributed by atoms with Gasteiger partial charge in [0.25, 0.3) is 0 Å². The van der Waals surface area contributed by atoms with E-state index in [2.05, 4.69) is 10.3 Å². The predicted octanol–water partition coefficient (Wildman–Crippen LogP) is 3.02. The third-order valence-corrected chi connectivity index (χ3v) is 2.67. The van der Waals surface area contributed by atoms with Crippen LogP contribution in [0, 0.1) is 6.92 Å². The number of hydrogen-bond acceptors (Lipinski definition) is 5. The fourth-order valence-corrected chi connectivity index (χ4v) is 1.76. The monoisotopic (exact) mass is 288 g/mol. The van der Waals surface area contributed by atoms with Crippen LogP contribution in [-0.4, -0.2) is 25.3 Å². The zero-order valence-corrected chi connectivity index (χ0v) is 12.0. The number of rotatable bonds is 4. The van der Waals surface area contributed by atoms with Crippen molar-refractivity contribution in [1.82, 2.24) is 4.98 Å². The Kier molecular flexibility index (Phi) is 4.61. The first-order valence-corrected chi connectivity index (χ1v) is 6.27. The quantitative estimate of drug-likeness (QED) is 0.936. The van der Waals surface area contributed by atoms with E-state index < -0.39 is 6.09 Å². The number of aromatic nitrogens is 1. The molecule has 0 saturated carbocycles. The predicted molar refractivity (Wildman–Crippen MR) is 78.2 cm³/mol. The SMILES string of the molecule is COc1cc(C)nc(OC)c1NC(=O)Oc1ccccc1. The van der Waals surface area contributed by atoms with E-state index in [9.17, 15) is 4.79 Å². The molecule has 110 valence electrons. The lowest BCUT2D eigenvalue weighted by molar-refractivity contribution is 0.215. The molecule has 21 heavy (non-hydrogen) atoms. The standard InChI is InChI=1S/C15H16N2O4/c1-10-9-12(19-2)13(14(16-10)20-3)17-15(18)21-11-7-5-4-6-8-11/h4-9H,1-3H3,(H,17,18). The number of hydrogen-bond donors (Lipinski definition) is 1. The fraction of sp³-hybridized carbons (Fsp3) is 0.200. The normalized spacial score (nSPS) is 9.86. The Morgan fingerprint density at radius 1 is 1.14 bits per heavy atom. The van der Waals surface area contributed by atoms with E-state index >= 15 is 0 Å². The van der Waals surface area contributed by atoms with Crippen LogP contribution in [0.4, 0.5) is 10.5 Å². The van der Waals surface area contributed by atoms with Crippen LogP contribution in [0.5, 0.6) is 17.4 Å². The number of para-hydroxylation sites is 1.